The van der Waals surface area contributed by atoms with E-state index in [4.69, 9.17) is 10.5 Å². The van der Waals surface area contributed by atoms with Crippen molar-refractivity contribution in [2.24, 2.45) is 0 Å². The average Bonchev–Trinajstić information content (AvgIpc) is 2.66. The van der Waals surface area contributed by atoms with Crippen LogP contribution in [0.4, 0.5) is 11.4 Å². The van der Waals surface area contributed by atoms with Gasteiger partial charge in [-0.3, -0.25) is 9.59 Å². The van der Waals surface area contributed by atoms with E-state index >= 15 is 0 Å². The van der Waals surface area contributed by atoms with Gasteiger partial charge in [-0.15, -0.1) is 0 Å². The Bertz CT molecular complexity index is 1060. The van der Waals surface area contributed by atoms with Crippen molar-refractivity contribution in [2.75, 3.05) is 18.2 Å². The Balaban J connectivity index is 1.98. The standard InChI is InChI=1S/C23H24N2O3/c1-23(2,3)15-12-18(24)21(28-4)19(13-15)25-22(27)20(26)17-11-7-9-14-8-5-6-10-16(14)17/h5-13H,24H2,1-4H3,(H,25,27). The van der Waals surface area contributed by atoms with Crippen LogP contribution in [0.25, 0.3) is 10.8 Å². The molecule has 3 aromatic carbocycles. The molecule has 5 heteroatoms. The molecule has 0 saturated carbocycles. The van der Waals surface area contributed by atoms with E-state index < -0.39 is 11.7 Å². The molecule has 0 aliphatic carbocycles. The highest BCUT2D eigenvalue weighted by Crippen LogP contribution is 2.37. The number of benzene rings is 3. The highest BCUT2D eigenvalue weighted by Gasteiger charge is 2.23. The maximum atomic E-state index is 12.8. The van der Waals surface area contributed by atoms with Crippen LogP contribution in [0.15, 0.2) is 54.6 Å². The summed E-state index contributed by atoms with van der Waals surface area (Å²) in [5.41, 5.74) is 8.00. The quantitative estimate of drug-likeness (QED) is 0.398. The van der Waals surface area contributed by atoms with Gasteiger partial charge in [-0.05, 0) is 33.9 Å². The lowest BCUT2D eigenvalue weighted by Crippen LogP contribution is -2.24. The highest BCUT2D eigenvalue weighted by atomic mass is 16.5. The second kappa shape index (κ2) is 7.35. The molecule has 3 rings (SSSR count). The van der Waals surface area contributed by atoms with Gasteiger partial charge < -0.3 is 15.8 Å². The summed E-state index contributed by atoms with van der Waals surface area (Å²) in [5.74, 6) is -1.01. The fourth-order valence-electron chi connectivity index (χ4n) is 3.13. The number of anilines is 2. The molecule has 144 valence electrons. The molecule has 1 amide bonds. The summed E-state index contributed by atoms with van der Waals surface area (Å²) in [5, 5.41) is 4.32. The van der Waals surface area contributed by atoms with E-state index in [1.54, 1.807) is 18.2 Å². The molecule has 0 aliphatic heterocycles. The van der Waals surface area contributed by atoms with Crippen molar-refractivity contribution < 1.29 is 14.3 Å². The van der Waals surface area contributed by atoms with Crippen molar-refractivity contribution in [3.05, 3.63) is 65.7 Å². The Morgan fingerprint density at radius 3 is 2.36 bits per heavy atom. The minimum absolute atomic E-state index is 0.181. The molecule has 0 heterocycles. The predicted molar refractivity (Wildman–Crippen MR) is 113 cm³/mol. The first-order valence-corrected chi connectivity index (χ1v) is 9.04. The Labute approximate surface area is 164 Å². The molecule has 5 nitrogen and oxygen atoms in total. The normalized spacial score (nSPS) is 11.3. The Morgan fingerprint density at radius 2 is 1.68 bits per heavy atom. The molecule has 3 aromatic rings. The summed E-state index contributed by atoms with van der Waals surface area (Å²) in [6, 6.07) is 16.4. The number of rotatable bonds is 4. The Hall–Kier alpha value is -3.34. The van der Waals surface area contributed by atoms with Crippen LogP contribution in [0.5, 0.6) is 5.75 Å². The first-order chi connectivity index (χ1) is 13.2. The van der Waals surface area contributed by atoms with Gasteiger partial charge in [0.05, 0.1) is 18.5 Å². The van der Waals surface area contributed by atoms with E-state index in [9.17, 15) is 9.59 Å². The van der Waals surface area contributed by atoms with Crippen molar-refractivity contribution in [2.45, 2.75) is 26.2 Å². The van der Waals surface area contributed by atoms with Crippen LogP contribution in [0, 0.1) is 0 Å². The molecule has 0 bridgehead atoms. The van der Waals surface area contributed by atoms with Gasteiger partial charge in [-0.25, -0.2) is 0 Å². The van der Waals surface area contributed by atoms with Crippen LogP contribution < -0.4 is 15.8 Å². The van der Waals surface area contributed by atoms with Crippen molar-refractivity contribution in [1.29, 1.82) is 0 Å². The zero-order valence-corrected chi connectivity index (χ0v) is 16.5. The number of hydrogen-bond donors (Lipinski definition) is 2. The first-order valence-electron chi connectivity index (χ1n) is 9.04. The lowest BCUT2D eigenvalue weighted by Gasteiger charge is -2.22. The molecule has 28 heavy (non-hydrogen) atoms. The summed E-state index contributed by atoms with van der Waals surface area (Å²) in [4.78, 5) is 25.6. The number of nitrogens with two attached hydrogens (primary N) is 1. The van der Waals surface area contributed by atoms with E-state index in [1.807, 2.05) is 57.2 Å². The molecule has 0 atom stereocenters. The zero-order chi connectivity index (χ0) is 20.5. The molecule has 0 aromatic heterocycles. The number of ketones is 1. The third kappa shape index (κ3) is 3.69. The number of hydrogen-bond acceptors (Lipinski definition) is 4. The Kier molecular flexibility index (Phi) is 5.10. The average molecular weight is 376 g/mol. The van der Waals surface area contributed by atoms with E-state index in [0.29, 0.717) is 22.7 Å². The van der Waals surface area contributed by atoms with E-state index in [2.05, 4.69) is 5.32 Å². The highest BCUT2D eigenvalue weighted by molar-refractivity contribution is 6.48. The van der Waals surface area contributed by atoms with Gasteiger partial charge in [-0.2, -0.15) is 0 Å². The molecule has 0 aliphatic rings. The van der Waals surface area contributed by atoms with Gasteiger partial charge >= 0.3 is 0 Å². The van der Waals surface area contributed by atoms with Crippen LogP contribution in [0.1, 0.15) is 36.7 Å². The van der Waals surface area contributed by atoms with Crippen LogP contribution >= 0.6 is 0 Å². The summed E-state index contributed by atoms with van der Waals surface area (Å²) in [7, 11) is 1.48. The molecule has 0 unspecified atom stereocenters. The van der Waals surface area contributed by atoms with Crippen molar-refractivity contribution in [3.63, 3.8) is 0 Å². The number of fused-ring (bicyclic) bond motifs is 1. The SMILES string of the molecule is COc1c(N)cc(C(C)(C)C)cc1NC(=O)C(=O)c1cccc2ccccc12. The molecule has 0 fully saturated rings. The fourth-order valence-corrected chi connectivity index (χ4v) is 3.13. The molecule has 0 radical (unpaired) electrons. The molecule has 0 saturated heterocycles. The summed E-state index contributed by atoms with van der Waals surface area (Å²) in [6.07, 6.45) is 0. The zero-order valence-electron chi connectivity index (χ0n) is 16.5. The number of carbonyl (C=O) groups excluding carboxylic acids is 2. The van der Waals surface area contributed by atoms with Gasteiger partial charge in [0, 0.05) is 5.56 Å². The van der Waals surface area contributed by atoms with Crippen LogP contribution in [-0.4, -0.2) is 18.8 Å². The van der Waals surface area contributed by atoms with Crippen molar-refractivity contribution >= 4 is 33.8 Å². The second-order valence-corrected chi connectivity index (χ2v) is 7.71. The van der Waals surface area contributed by atoms with Crippen LogP contribution in [-0.2, 0) is 10.2 Å². The number of amides is 1. The van der Waals surface area contributed by atoms with Crippen LogP contribution in [0.3, 0.4) is 0 Å². The lowest BCUT2D eigenvalue weighted by molar-refractivity contribution is -0.112. The summed E-state index contributed by atoms with van der Waals surface area (Å²) < 4.78 is 5.35. The van der Waals surface area contributed by atoms with Gasteiger partial charge in [0.25, 0.3) is 11.7 Å². The Morgan fingerprint density at radius 1 is 1.00 bits per heavy atom. The van der Waals surface area contributed by atoms with Gasteiger partial charge in [-0.1, -0.05) is 63.2 Å². The second-order valence-electron chi connectivity index (χ2n) is 7.71. The molecular formula is C23H24N2O3. The number of ether oxygens (including phenoxy) is 1. The van der Waals surface area contributed by atoms with E-state index in [-0.39, 0.29) is 5.41 Å². The third-order valence-electron chi connectivity index (χ3n) is 4.68. The van der Waals surface area contributed by atoms with Crippen molar-refractivity contribution in [1.82, 2.24) is 0 Å². The summed E-state index contributed by atoms with van der Waals surface area (Å²) >= 11 is 0. The number of methoxy groups -OCH3 is 1. The third-order valence-corrected chi connectivity index (χ3v) is 4.68. The van der Waals surface area contributed by atoms with Crippen LogP contribution in [0.2, 0.25) is 0 Å². The lowest BCUT2D eigenvalue weighted by atomic mass is 9.86. The largest absolute Gasteiger partial charge is 0.492 e. The first kappa shape index (κ1) is 19.4. The van der Waals surface area contributed by atoms with E-state index in [1.165, 1.54) is 7.11 Å². The monoisotopic (exact) mass is 376 g/mol. The number of nitrogens with one attached hydrogen (secondary N) is 1. The van der Waals surface area contributed by atoms with Gasteiger partial charge in [0.15, 0.2) is 5.75 Å². The molecule has 3 N–H and O–H groups in total. The smallest absolute Gasteiger partial charge is 0.296 e. The number of carbonyl (C=O) groups is 2. The number of nitrogen functional groups attached to an aromatic ring is 1. The minimum atomic E-state index is -0.736. The summed E-state index contributed by atoms with van der Waals surface area (Å²) in [6.45, 7) is 6.13. The predicted octanol–water partition coefficient (Wildman–Crippen LogP) is 4.55. The van der Waals surface area contributed by atoms with Gasteiger partial charge in [0.1, 0.15) is 0 Å². The minimum Gasteiger partial charge on any atom is -0.492 e. The van der Waals surface area contributed by atoms with Gasteiger partial charge in [0.2, 0.25) is 0 Å². The molecule has 0 spiro atoms. The molecular weight excluding hydrogens is 352 g/mol. The maximum absolute atomic E-state index is 12.8. The fraction of sp³-hybridized carbons (Fsp3) is 0.217. The van der Waals surface area contributed by atoms with E-state index in [0.717, 1.165) is 16.3 Å². The van der Waals surface area contributed by atoms with Crippen molar-refractivity contribution in [3.8, 4) is 5.75 Å². The topological polar surface area (TPSA) is 81.4 Å². The maximum Gasteiger partial charge on any atom is 0.296 e. The number of Topliss-reactive ketones (excluding diaryl/α,β-unsaturated/α-hetero) is 1.